The average Bonchev–Trinajstić information content (AvgIpc) is 2.44. The molecule has 0 aromatic heterocycles. The number of nitrogens with one attached hydrogen (secondary N) is 1. The zero-order chi connectivity index (χ0) is 18.3. The van der Waals surface area contributed by atoms with Crippen molar-refractivity contribution in [3.8, 4) is 5.75 Å². The molecule has 134 valence electrons. The second kappa shape index (κ2) is 8.57. The van der Waals surface area contributed by atoms with Crippen LogP contribution in [0.1, 0.15) is 40.2 Å². The van der Waals surface area contributed by atoms with E-state index in [-0.39, 0.29) is 24.7 Å². The summed E-state index contributed by atoms with van der Waals surface area (Å²) in [7, 11) is 0. The molecule has 0 radical (unpaired) electrons. The highest BCUT2D eigenvalue weighted by atomic mass is 16.6. The van der Waals surface area contributed by atoms with Crippen LogP contribution in [0.2, 0.25) is 0 Å². The number of carbonyl (C=O) groups is 2. The molecule has 0 fully saturated rings. The molecule has 2 N–H and O–H groups in total. The van der Waals surface area contributed by atoms with Crippen LogP contribution in [0.5, 0.6) is 5.75 Å². The lowest BCUT2D eigenvalue weighted by molar-refractivity contribution is -0.147. The van der Waals surface area contributed by atoms with Gasteiger partial charge >= 0.3 is 12.1 Å². The third-order valence-electron chi connectivity index (χ3n) is 2.91. The summed E-state index contributed by atoms with van der Waals surface area (Å²) in [5.74, 6) is -0.176. The van der Waals surface area contributed by atoms with Gasteiger partial charge in [0.25, 0.3) is 0 Å². The van der Waals surface area contributed by atoms with E-state index >= 15 is 0 Å². The Morgan fingerprint density at radius 1 is 1.17 bits per heavy atom. The van der Waals surface area contributed by atoms with Gasteiger partial charge < -0.3 is 19.9 Å². The number of rotatable bonds is 6. The molecule has 0 bridgehead atoms. The Kier molecular flexibility index (Phi) is 7.07. The number of amides is 1. The number of hydrogen-bond donors (Lipinski definition) is 2. The van der Waals surface area contributed by atoms with Gasteiger partial charge in [-0.05, 0) is 44.4 Å². The van der Waals surface area contributed by atoms with Crippen LogP contribution in [-0.2, 0) is 20.7 Å². The molecule has 24 heavy (non-hydrogen) atoms. The Balaban J connectivity index is 2.79. The van der Waals surface area contributed by atoms with E-state index in [4.69, 9.17) is 9.47 Å². The van der Waals surface area contributed by atoms with Gasteiger partial charge in [0.05, 0.1) is 6.61 Å². The molecule has 1 amide bonds. The summed E-state index contributed by atoms with van der Waals surface area (Å²) in [4.78, 5) is 24.3. The third kappa shape index (κ3) is 7.85. The number of benzene rings is 1. The van der Waals surface area contributed by atoms with E-state index in [1.54, 1.807) is 32.9 Å². The molecule has 0 aliphatic heterocycles. The minimum Gasteiger partial charge on any atom is -0.508 e. The molecule has 0 unspecified atom stereocenters. The SMILES string of the molecule is CC(C)COC(=O)[C@H](Cc1ccc(O)cc1)NC(=O)OC(C)(C)C. The minimum atomic E-state index is -0.858. The molecule has 1 aromatic carbocycles. The molecule has 1 aromatic rings. The topological polar surface area (TPSA) is 84.9 Å². The maximum Gasteiger partial charge on any atom is 0.408 e. The molecule has 0 saturated heterocycles. The van der Waals surface area contributed by atoms with Crippen LogP contribution >= 0.6 is 0 Å². The monoisotopic (exact) mass is 337 g/mol. The van der Waals surface area contributed by atoms with Crippen molar-refractivity contribution in [2.75, 3.05) is 6.61 Å². The normalized spacial score (nSPS) is 12.6. The number of alkyl carbamates (subject to hydrolysis) is 1. The van der Waals surface area contributed by atoms with Crippen molar-refractivity contribution in [3.63, 3.8) is 0 Å². The summed E-state index contributed by atoms with van der Waals surface area (Å²) in [5, 5.41) is 11.9. The van der Waals surface area contributed by atoms with Crippen molar-refractivity contribution in [1.29, 1.82) is 0 Å². The number of aromatic hydroxyl groups is 1. The van der Waals surface area contributed by atoms with Crippen molar-refractivity contribution in [3.05, 3.63) is 29.8 Å². The Bertz CT molecular complexity index is 546. The second-order valence-electron chi connectivity index (χ2n) is 7.09. The highest BCUT2D eigenvalue weighted by molar-refractivity contribution is 5.81. The van der Waals surface area contributed by atoms with E-state index in [9.17, 15) is 14.7 Å². The van der Waals surface area contributed by atoms with Crippen molar-refractivity contribution in [2.24, 2.45) is 5.92 Å². The molecule has 6 nitrogen and oxygen atoms in total. The quantitative estimate of drug-likeness (QED) is 0.780. The van der Waals surface area contributed by atoms with Gasteiger partial charge in [-0.1, -0.05) is 26.0 Å². The Morgan fingerprint density at radius 2 is 1.75 bits per heavy atom. The Labute approximate surface area is 143 Å². The van der Waals surface area contributed by atoms with Gasteiger partial charge in [-0.15, -0.1) is 0 Å². The number of esters is 1. The number of ether oxygens (including phenoxy) is 2. The van der Waals surface area contributed by atoms with Gasteiger partial charge in [-0.2, -0.15) is 0 Å². The van der Waals surface area contributed by atoms with Gasteiger partial charge in [-0.3, -0.25) is 0 Å². The second-order valence-corrected chi connectivity index (χ2v) is 7.09. The molecule has 0 saturated carbocycles. The maximum absolute atomic E-state index is 12.3. The van der Waals surface area contributed by atoms with E-state index in [0.29, 0.717) is 0 Å². The summed E-state index contributed by atoms with van der Waals surface area (Å²) in [5.41, 5.74) is 0.130. The fourth-order valence-electron chi connectivity index (χ4n) is 1.86. The third-order valence-corrected chi connectivity index (χ3v) is 2.91. The zero-order valence-electron chi connectivity index (χ0n) is 15.0. The van der Waals surface area contributed by atoms with Crippen molar-refractivity contribution < 1.29 is 24.2 Å². The van der Waals surface area contributed by atoms with Crippen LogP contribution in [0.25, 0.3) is 0 Å². The minimum absolute atomic E-state index is 0.137. The summed E-state index contributed by atoms with van der Waals surface area (Å²) in [6.45, 7) is 9.39. The van der Waals surface area contributed by atoms with Gasteiger partial charge in [0.15, 0.2) is 0 Å². The van der Waals surface area contributed by atoms with Crippen LogP contribution in [-0.4, -0.2) is 35.4 Å². The van der Waals surface area contributed by atoms with Crippen molar-refractivity contribution in [2.45, 2.75) is 52.7 Å². The van der Waals surface area contributed by atoms with Gasteiger partial charge in [0.1, 0.15) is 17.4 Å². The van der Waals surface area contributed by atoms with E-state index in [0.717, 1.165) is 5.56 Å². The Morgan fingerprint density at radius 3 is 2.25 bits per heavy atom. The number of hydrogen-bond acceptors (Lipinski definition) is 5. The van der Waals surface area contributed by atoms with Crippen molar-refractivity contribution in [1.82, 2.24) is 5.32 Å². The number of phenolic OH excluding ortho intramolecular Hbond substituents is 1. The van der Waals surface area contributed by atoms with E-state index in [2.05, 4.69) is 5.32 Å². The molecule has 1 rings (SSSR count). The first-order valence-electron chi connectivity index (χ1n) is 8.01. The highest BCUT2D eigenvalue weighted by Gasteiger charge is 2.26. The summed E-state index contributed by atoms with van der Waals surface area (Å²) in [6.07, 6.45) is -0.427. The highest BCUT2D eigenvalue weighted by Crippen LogP contribution is 2.13. The first-order valence-corrected chi connectivity index (χ1v) is 8.01. The summed E-state index contributed by atoms with van der Waals surface area (Å²) < 4.78 is 10.4. The standard InChI is InChI=1S/C18H27NO5/c1-12(2)11-23-16(21)15(19-17(22)24-18(3,4)5)10-13-6-8-14(20)9-7-13/h6-9,12,15,20H,10-11H2,1-5H3,(H,19,22)/t15-/m0/s1. The van der Waals surface area contributed by atoms with Crippen LogP contribution < -0.4 is 5.32 Å². The molecule has 6 heteroatoms. The van der Waals surface area contributed by atoms with Crippen LogP contribution in [0, 0.1) is 5.92 Å². The Hall–Kier alpha value is -2.24. The first-order chi connectivity index (χ1) is 11.1. The largest absolute Gasteiger partial charge is 0.508 e. The molecule has 0 aliphatic rings. The molecule has 0 heterocycles. The fraction of sp³-hybridized carbons (Fsp3) is 0.556. The lowest BCUT2D eigenvalue weighted by Crippen LogP contribution is -2.45. The van der Waals surface area contributed by atoms with Crippen LogP contribution in [0.3, 0.4) is 0 Å². The van der Waals surface area contributed by atoms with Gasteiger partial charge in [0.2, 0.25) is 0 Å². The number of phenols is 1. The van der Waals surface area contributed by atoms with Crippen LogP contribution in [0.15, 0.2) is 24.3 Å². The maximum atomic E-state index is 12.3. The summed E-state index contributed by atoms with van der Waals surface area (Å²) >= 11 is 0. The van der Waals surface area contributed by atoms with Gasteiger partial charge in [0, 0.05) is 6.42 Å². The van der Waals surface area contributed by atoms with E-state index < -0.39 is 23.7 Å². The molecule has 0 spiro atoms. The average molecular weight is 337 g/mol. The molecule has 1 atom stereocenters. The lowest BCUT2D eigenvalue weighted by atomic mass is 10.1. The number of carbonyl (C=O) groups excluding carboxylic acids is 2. The predicted octanol–water partition coefficient (Wildman–Crippen LogP) is 3.03. The van der Waals surface area contributed by atoms with E-state index in [1.165, 1.54) is 12.1 Å². The first kappa shape index (κ1) is 19.8. The molecular weight excluding hydrogens is 310 g/mol. The van der Waals surface area contributed by atoms with Crippen LogP contribution in [0.4, 0.5) is 4.79 Å². The smallest absolute Gasteiger partial charge is 0.408 e. The predicted molar refractivity (Wildman–Crippen MR) is 90.8 cm³/mol. The molecular formula is C18H27NO5. The zero-order valence-corrected chi connectivity index (χ0v) is 15.0. The fourth-order valence-corrected chi connectivity index (χ4v) is 1.86. The molecule has 0 aliphatic carbocycles. The van der Waals surface area contributed by atoms with Gasteiger partial charge in [-0.25, -0.2) is 9.59 Å². The summed E-state index contributed by atoms with van der Waals surface area (Å²) in [6, 6.07) is 5.57. The van der Waals surface area contributed by atoms with E-state index in [1.807, 2.05) is 13.8 Å². The lowest BCUT2D eigenvalue weighted by Gasteiger charge is -2.23. The van der Waals surface area contributed by atoms with Crippen molar-refractivity contribution >= 4 is 12.1 Å².